The second-order valence-corrected chi connectivity index (χ2v) is 7.02. The van der Waals surface area contributed by atoms with Gasteiger partial charge in [-0.2, -0.15) is 24.5 Å². The van der Waals surface area contributed by atoms with E-state index in [0.29, 0.717) is 13.1 Å². The highest BCUT2D eigenvalue weighted by Crippen LogP contribution is 1.98. The van der Waals surface area contributed by atoms with Gasteiger partial charge in [0.15, 0.2) is 0 Å². The summed E-state index contributed by atoms with van der Waals surface area (Å²) in [6, 6.07) is 0. The van der Waals surface area contributed by atoms with Crippen LogP contribution in [0, 0.1) is 0 Å². The zero-order valence-corrected chi connectivity index (χ0v) is 13.4. The molecule has 110 valence electrons. The van der Waals surface area contributed by atoms with Gasteiger partial charge >= 0.3 is 0 Å². The predicted octanol–water partition coefficient (Wildman–Crippen LogP) is 0.895. The van der Waals surface area contributed by atoms with Gasteiger partial charge in [-0.3, -0.25) is 0 Å². The second-order valence-electron chi connectivity index (χ2n) is 4.17. The molecule has 0 spiro atoms. The number of thioether (sulfide) groups is 1. The Morgan fingerprint density at radius 2 is 1.89 bits per heavy atom. The number of hydrogen-bond donors (Lipinski definition) is 2. The minimum atomic E-state index is -3.29. The Morgan fingerprint density at radius 3 is 2.50 bits per heavy atom. The van der Waals surface area contributed by atoms with Crippen molar-refractivity contribution in [2.75, 3.05) is 45.2 Å². The Balaban J connectivity index is 3.74. The molecule has 0 aromatic rings. The van der Waals surface area contributed by atoms with Gasteiger partial charge in [0.05, 0.1) is 0 Å². The van der Waals surface area contributed by atoms with Crippen molar-refractivity contribution in [3.63, 3.8) is 0 Å². The lowest BCUT2D eigenvalue weighted by molar-refractivity contribution is 0.444. The molecule has 18 heavy (non-hydrogen) atoms. The molecule has 0 aliphatic heterocycles. The fourth-order valence-electron chi connectivity index (χ4n) is 1.38. The first-order chi connectivity index (χ1) is 8.54. The molecule has 0 atom stereocenters. The summed E-state index contributed by atoms with van der Waals surface area (Å²) in [5.41, 5.74) is 0. The molecule has 0 saturated heterocycles. The molecule has 0 saturated carbocycles. The first-order valence-electron chi connectivity index (χ1n) is 6.45. The van der Waals surface area contributed by atoms with Gasteiger partial charge in [0.25, 0.3) is 10.2 Å². The Hall–Kier alpha value is 0.180. The van der Waals surface area contributed by atoms with E-state index in [4.69, 9.17) is 0 Å². The maximum absolute atomic E-state index is 11.8. The van der Waals surface area contributed by atoms with E-state index in [0.717, 1.165) is 38.1 Å². The van der Waals surface area contributed by atoms with Crippen LogP contribution in [0.1, 0.15) is 26.2 Å². The van der Waals surface area contributed by atoms with E-state index in [1.54, 1.807) is 18.8 Å². The fourth-order valence-corrected chi connectivity index (χ4v) is 2.80. The third-order valence-corrected chi connectivity index (χ3v) is 4.74. The highest BCUT2D eigenvalue weighted by Gasteiger charge is 2.15. The predicted molar refractivity (Wildman–Crippen MR) is 80.3 cm³/mol. The number of hydrogen-bond acceptors (Lipinski definition) is 4. The van der Waals surface area contributed by atoms with Crippen molar-refractivity contribution in [2.45, 2.75) is 26.2 Å². The zero-order chi connectivity index (χ0) is 13.9. The van der Waals surface area contributed by atoms with Crippen LogP contribution in [-0.2, 0) is 10.2 Å². The highest BCUT2D eigenvalue weighted by molar-refractivity contribution is 7.98. The summed E-state index contributed by atoms with van der Waals surface area (Å²) in [6.07, 6.45) is 4.82. The van der Waals surface area contributed by atoms with Crippen LogP contribution in [0.5, 0.6) is 0 Å². The zero-order valence-electron chi connectivity index (χ0n) is 11.7. The first kappa shape index (κ1) is 18.2. The van der Waals surface area contributed by atoms with Crippen LogP contribution in [0.3, 0.4) is 0 Å². The monoisotopic (exact) mass is 297 g/mol. The van der Waals surface area contributed by atoms with Gasteiger partial charge in [0, 0.05) is 20.1 Å². The van der Waals surface area contributed by atoms with Crippen molar-refractivity contribution in [3.8, 4) is 0 Å². The summed E-state index contributed by atoms with van der Waals surface area (Å²) in [4.78, 5) is 0. The molecule has 2 N–H and O–H groups in total. The molecule has 0 bridgehead atoms. The van der Waals surface area contributed by atoms with Crippen LogP contribution < -0.4 is 10.0 Å². The van der Waals surface area contributed by atoms with Crippen molar-refractivity contribution in [1.82, 2.24) is 14.3 Å². The van der Waals surface area contributed by atoms with E-state index in [1.807, 2.05) is 6.26 Å². The second kappa shape index (κ2) is 11.0. The third kappa shape index (κ3) is 9.16. The minimum absolute atomic E-state index is 0.515. The molecular weight excluding hydrogens is 270 g/mol. The maximum Gasteiger partial charge on any atom is 0.279 e. The molecule has 5 nitrogen and oxygen atoms in total. The first-order valence-corrected chi connectivity index (χ1v) is 9.28. The van der Waals surface area contributed by atoms with Crippen molar-refractivity contribution >= 4 is 22.0 Å². The lowest BCUT2D eigenvalue weighted by Gasteiger charge is -2.17. The lowest BCUT2D eigenvalue weighted by atomic mass is 10.4. The van der Waals surface area contributed by atoms with E-state index in [9.17, 15) is 8.42 Å². The Kier molecular flexibility index (Phi) is 11.2. The van der Waals surface area contributed by atoms with E-state index in [1.165, 1.54) is 4.31 Å². The Labute approximate surface area is 116 Å². The van der Waals surface area contributed by atoms with Crippen molar-refractivity contribution in [2.24, 2.45) is 0 Å². The number of nitrogens with zero attached hydrogens (tertiary/aromatic N) is 1. The van der Waals surface area contributed by atoms with Crippen molar-refractivity contribution in [3.05, 3.63) is 0 Å². The van der Waals surface area contributed by atoms with Gasteiger partial charge in [0.2, 0.25) is 0 Å². The van der Waals surface area contributed by atoms with Gasteiger partial charge in [-0.05, 0) is 44.4 Å². The Bertz CT molecular complexity index is 284. The average molecular weight is 297 g/mol. The molecule has 0 amide bonds. The minimum Gasteiger partial charge on any atom is -0.317 e. The number of rotatable bonds is 12. The molecule has 0 heterocycles. The van der Waals surface area contributed by atoms with Crippen LogP contribution in [0.15, 0.2) is 0 Å². The summed E-state index contributed by atoms with van der Waals surface area (Å²) in [5.74, 6) is 0.979. The normalized spacial score (nSPS) is 12.2. The van der Waals surface area contributed by atoms with Gasteiger partial charge in [-0.15, -0.1) is 0 Å². The Morgan fingerprint density at radius 1 is 1.17 bits per heavy atom. The van der Waals surface area contributed by atoms with E-state index < -0.39 is 10.2 Å². The maximum atomic E-state index is 11.8. The quantitative estimate of drug-likeness (QED) is 0.525. The van der Waals surface area contributed by atoms with Crippen LogP contribution in [-0.4, -0.2) is 58.0 Å². The lowest BCUT2D eigenvalue weighted by Crippen LogP contribution is -2.39. The summed E-state index contributed by atoms with van der Waals surface area (Å²) in [6.45, 7) is 5.03. The van der Waals surface area contributed by atoms with E-state index >= 15 is 0 Å². The summed E-state index contributed by atoms with van der Waals surface area (Å²) < 4.78 is 27.6. The molecule has 7 heteroatoms. The molecule has 0 aliphatic rings. The smallest absolute Gasteiger partial charge is 0.279 e. The third-order valence-electron chi connectivity index (χ3n) is 2.47. The van der Waals surface area contributed by atoms with Crippen molar-refractivity contribution < 1.29 is 8.42 Å². The average Bonchev–Trinajstić information content (AvgIpc) is 2.34. The number of nitrogens with one attached hydrogen (secondary N) is 2. The summed E-state index contributed by atoms with van der Waals surface area (Å²) >= 11 is 1.73. The van der Waals surface area contributed by atoms with Crippen LogP contribution >= 0.6 is 11.8 Å². The van der Waals surface area contributed by atoms with Gasteiger partial charge in [0.1, 0.15) is 0 Å². The molecule has 0 aromatic heterocycles. The van der Waals surface area contributed by atoms with Gasteiger partial charge < -0.3 is 5.32 Å². The van der Waals surface area contributed by atoms with E-state index in [-0.39, 0.29) is 0 Å². The van der Waals surface area contributed by atoms with Crippen LogP contribution in [0.2, 0.25) is 0 Å². The topological polar surface area (TPSA) is 61.4 Å². The molecule has 0 unspecified atom stereocenters. The molecule has 0 aliphatic carbocycles. The van der Waals surface area contributed by atoms with Gasteiger partial charge in [-0.25, -0.2) is 4.72 Å². The summed E-state index contributed by atoms with van der Waals surface area (Å²) in [7, 11) is -1.67. The fraction of sp³-hybridized carbons (Fsp3) is 1.00. The molecule has 0 aromatic carbocycles. The van der Waals surface area contributed by atoms with Crippen molar-refractivity contribution in [1.29, 1.82) is 0 Å². The molecule has 0 radical (unpaired) electrons. The molecule has 0 fully saturated rings. The highest BCUT2D eigenvalue weighted by atomic mass is 32.2. The molecular formula is C11H27N3O2S2. The SMILES string of the molecule is CCCNCCCN(C)S(=O)(=O)NCCCSC. The van der Waals surface area contributed by atoms with Crippen LogP contribution in [0.4, 0.5) is 0 Å². The van der Waals surface area contributed by atoms with Gasteiger partial charge in [-0.1, -0.05) is 6.92 Å². The van der Waals surface area contributed by atoms with E-state index in [2.05, 4.69) is 17.0 Å². The summed E-state index contributed by atoms with van der Waals surface area (Å²) in [5, 5.41) is 3.26. The molecule has 0 rings (SSSR count). The van der Waals surface area contributed by atoms with Crippen LogP contribution in [0.25, 0.3) is 0 Å². The standard InChI is InChI=1S/C11H27N3O2S2/c1-4-7-12-8-5-10-14(2)18(15,16)13-9-6-11-17-3/h12-13H,4-11H2,1-3H3. The largest absolute Gasteiger partial charge is 0.317 e.